The van der Waals surface area contributed by atoms with Crippen LogP contribution in [-0.4, -0.2) is 15.2 Å². The van der Waals surface area contributed by atoms with Gasteiger partial charge in [-0.25, -0.2) is 4.39 Å². The molecule has 0 bridgehead atoms. The summed E-state index contributed by atoms with van der Waals surface area (Å²) in [6.45, 7) is 0. The largest absolute Gasteiger partial charge is 0.458 e. The minimum absolute atomic E-state index is 0.118. The molecule has 1 N–H and O–H groups in total. The maximum atomic E-state index is 13.1. The molecule has 0 amide bonds. The van der Waals surface area contributed by atoms with E-state index < -0.39 is 6.10 Å². The predicted octanol–water partition coefficient (Wildman–Crippen LogP) is 2.97. The predicted molar refractivity (Wildman–Crippen MR) is 68.7 cm³/mol. The van der Waals surface area contributed by atoms with Crippen molar-refractivity contribution in [3.63, 3.8) is 0 Å². The smallest absolute Gasteiger partial charge is 0.241 e. The van der Waals surface area contributed by atoms with Crippen molar-refractivity contribution in [3.8, 4) is 0 Å². The van der Waals surface area contributed by atoms with Gasteiger partial charge in [0, 0.05) is 11.8 Å². The topological polar surface area (TPSA) is 72.3 Å². The SMILES string of the molecule is O[C@@H](Cc1noc(CCl)n1)c1cc2cc(F)ccc2o1. The zero-order chi connectivity index (χ0) is 14.1. The van der Waals surface area contributed by atoms with Gasteiger partial charge in [-0.15, -0.1) is 11.6 Å². The highest BCUT2D eigenvalue weighted by atomic mass is 35.5. The molecule has 3 rings (SSSR count). The molecular weight excluding hydrogens is 287 g/mol. The highest BCUT2D eigenvalue weighted by Gasteiger charge is 2.17. The third-order valence-corrected chi connectivity index (χ3v) is 3.05. The Hall–Kier alpha value is -1.92. The lowest BCUT2D eigenvalue weighted by molar-refractivity contribution is 0.149. The Morgan fingerprint density at radius 2 is 2.20 bits per heavy atom. The monoisotopic (exact) mass is 296 g/mol. The molecule has 0 unspecified atom stereocenters. The quantitative estimate of drug-likeness (QED) is 0.749. The zero-order valence-electron chi connectivity index (χ0n) is 10.2. The second kappa shape index (κ2) is 5.22. The summed E-state index contributed by atoms with van der Waals surface area (Å²) in [7, 11) is 0. The van der Waals surface area contributed by atoms with E-state index in [9.17, 15) is 9.50 Å². The molecule has 0 aliphatic carbocycles. The number of fused-ring (bicyclic) bond motifs is 1. The van der Waals surface area contributed by atoms with E-state index >= 15 is 0 Å². The summed E-state index contributed by atoms with van der Waals surface area (Å²) in [6, 6.07) is 5.75. The summed E-state index contributed by atoms with van der Waals surface area (Å²) >= 11 is 5.55. The van der Waals surface area contributed by atoms with Crippen LogP contribution in [0.4, 0.5) is 4.39 Å². The number of nitrogens with zero attached hydrogens (tertiary/aromatic N) is 2. The van der Waals surface area contributed by atoms with Gasteiger partial charge in [0.05, 0.1) is 0 Å². The third kappa shape index (κ3) is 2.52. The zero-order valence-corrected chi connectivity index (χ0v) is 11.0. The lowest BCUT2D eigenvalue weighted by Gasteiger charge is -2.02. The van der Waals surface area contributed by atoms with E-state index in [1.807, 2.05) is 0 Å². The summed E-state index contributed by atoms with van der Waals surface area (Å²) in [4.78, 5) is 3.99. The molecule has 1 atom stereocenters. The van der Waals surface area contributed by atoms with E-state index in [4.69, 9.17) is 20.5 Å². The van der Waals surface area contributed by atoms with Gasteiger partial charge in [-0.1, -0.05) is 5.16 Å². The van der Waals surface area contributed by atoms with Crippen LogP contribution in [0.1, 0.15) is 23.6 Å². The van der Waals surface area contributed by atoms with Crippen LogP contribution in [0.3, 0.4) is 0 Å². The number of benzene rings is 1. The van der Waals surface area contributed by atoms with Gasteiger partial charge in [-0.2, -0.15) is 4.98 Å². The van der Waals surface area contributed by atoms with Gasteiger partial charge in [0.1, 0.15) is 29.1 Å². The minimum Gasteiger partial charge on any atom is -0.458 e. The molecule has 2 heterocycles. The average Bonchev–Trinajstić information content (AvgIpc) is 3.04. The van der Waals surface area contributed by atoms with Crippen molar-refractivity contribution >= 4 is 22.6 Å². The first-order valence-corrected chi connectivity index (χ1v) is 6.43. The first kappa shape index (κ1) is 13.1. The maximum Gasteiger partial charge on any atom is 0.241 e. The van der Waals surface area contributed by atoms with Crippen LogP contribution in [0.5, 0.6) is 0 Å². The van der Waals surface area contributed by atoms with E-state index in [0.717, 1.165) is 0 Å². The van der Waals surface area contributed by atoms with Crippen LogP contribution in [0.25, 0.3) is 11.0 Å². The number of hydrogen-bond donors (Lipinski definition) is 1. The highest BCUT2D eigenvalue weighted by molar-refractivity contribution is 6.16. The first-order valence-electron chi connectivity index (χ1n) is 5.90. The van der Waals surface area contributed by atoms with Gasteiger partial charge in [0.15, 0.2) is 5.82 Å². The number of aliphatic hydroxyl groups is 1. The number of alkyl halides is 1. The van der Waals surface area contributed by atoms with Crippen LogP contribution < -0.4 is 0 Å². The third-order valence-electron chi connectivity index (χ3n) is 2.83. The fraction of sp³-hybridized carbons (Fsp3) is 0.231. The van der Waals surface area contributed by atoms with Crippen molar-refractivity contribution in [2.45, 2.75) is 18.4 Å². The molecule has 104 valence electrons. The lowest BCUT2D eigenvalue weighted by atomic mass is 10.2. The normalized spacial score (nSPS) is 12.9. The Labute approximate surface area is 118 Å². The van der Waals surface area contributed by atoms with Crippen molar-refractivity contribution in [1.29, 1.82) is 0 Å². The number of furan rings is 1. The molecule has 7 heteroatoms. The van der Waals surface area contributed by atoms with Gasteiger partial charge in [0.25, 0.3) is 0 Å². The molecule has 5 nitrogen and oxygen atoms in total. The van der Waals surface area contributed by atoms with E-state index in [0.29, 0.717) is 28.4 Å². The van der Waals surface area contributed by atoms with Crippen molar-refractivity contribution in [2.24, 2.45) is 0 Å². The van der Waals surface area contributed by atoms with Gasteiger partial charge < -0.3 is 14.0 Å². The van der Waals surface area contributed by atoms with Crippen molar-refractivity contribution in [1.82, 2.24) is 10.1 Å². The second-order valence-electron chi connectivity index (χ2n) is 4.29. The number of rotatable bonds is 4. The van der Waals surface area contributed by atoms with Crippen LogP contribution in [0.15, 0.2) is 33.2 Å². The fourth-order valence-corrected chi connectivity index (χ4v) is 2.01. The fourth-order valence-electron chi connectivity index (χ4n) is 1.90. The molecule has 20 heavy (non-hydrogen) atoms. The second-order valence-corrected chi connectivity index (χ2v) is 4.56. The van der Waals surface area contributed by atoms with Crippen LogP contribution in [0.2, 0.25) is 0 Å². The van der Waals surface area contributed by atoms with E-state index in [1.165, 1.54) is 18.2 Å². The summed E-state index contributed by atoms with van der Waals surface area (Å²) in [5, 5.41) is 14.4. The van der Waals surface area contributed by atoms with E-state index in [2.05, 4.69) is 10.1 Å². The van der Waals surface area contributed by atoms with Crippen LogP contribution in [0, 0.1) is 5.82 Å². The number of aromatic nitrogens is 2. The molecule has 0 saturated carbocycles. The van der Waals surface area contributed by atoms with Crippen molar-refractivity contribution in [3.05, 3.63) is 47.6 Å². The Bertz CT molecular complexity index is 740. The average molecular weight is 297 g/mol. The van der Waals surface area contributed by atoms with Gasteiger partial charge >= 0.3 is 0 Å². The van der Waals surface area contributed by atoms with Crippen LogP contribution in [-0.2, 0) is 12.3 Å². The molecule has 2 aromatic heterocycles. The summed E-state index contributed by atoms with van der Waals surface area (Å²) < 4.78 is 23.4. The Morgan fingerprint density at radius 3 is 2.95 bits per heavy atom. The van der Waals surface area contributed by atoms with Gasteiger partial charge in [-0.05, 0) is 24.3 Å². The molecule has 1 aromatic carbocycles. The standard InChI is InChI=1S/C13H10ClFN2O3/c14-6-13-16-12(17-20-13)5-9(18)11-4-7-3-8(15)1-2-10(7)19-11/h1-4,9,18H,5-6H2/t9-/m0/s1. The Kier molecular flexibility index (Phi) is 3.42. The minimum atomic E-state index is -0.939. The number of hydrogen-bond acceptors (Lipinski definition) is 5. The van der Waals surface area contributed by atoms with Crippen molar-refractivity contribution < 1.29 is 18.4 Å². The lowest BCUT2D eigenvalue weighted by Crippen LogP contribution is -2.02. The van der Waals surface area contributed by atoms with Gasteiger partial charge in [-0.3, -0.25) is 0 Å². The molecule has 0 fully saturated rings. The molecule has 0 aliphatic heterocycles. The summed E-state index contributed by atoms with van der Waals surface area (Å²) in [5.74, 6) is 0.708. The molecule has 0 radical (unpaired) electrons. The van der Waals surface area contributed by atoms with E-state index in [1.54, 1.807) is 6.07 Å². The summed E-state index contributed by atoms with van der Waals surface area (Å²) in [6.07, 6.45) is -0.811. The first-order chi connectivity index (χ1) is 9.65. The van der Waals surface area contributed by atoms with E-state index in [-0.39, 0.29) is 18.1 Å². The molecule has 3 aromatic rings. The van der Waals surface area contributed by atoms with Crippen LogP contribution >= 0.6 is 11.6 Å². The molecule has 0 spiro atoms. The van der Waals surface area contributed by atoms with Crippen molar-refractivity contribution in [2.75, 3.05) is 0 Å². The molecular formula is C13H10ClFN2O3. The molecule has 0 aliphatic rings. The summed E-state index contributed by atoms with van der Waals surface area (Å²) in [5.41, 5.74) is 0.509. The van der Waals surface area contributed by atoms with Gasteiger partial charge in [0.2, 0.25) is 5.89 Å². The molecule has 0 saturated heterocycles. The Morgan fingerprint density at radius 1 is 1.35 bits per heavy atom. The Balaban J connectivity index is 1.82. The number of aliphatic hydroxyl groups excluding tert-OH is 1. The maximum absolute atomic E-state index is 13.1. The highest BCUT2D eigenvalue weighted by Crippen LogP contribution is 2.26. The number of halogens is 2.